The minimum Gasteiger partial charge on any atom is -0.309 e. The minimum absolute atomic E-state index is 0.235. The average molecular weight is 250 g/mol. The smallest absolute Gasteiger partial charge is 0.141 e. The van der Waals surface area contributed by atoms with Gasteiger partial charge in [-0.25, -0.2) is 4.39 Å². The van der Waals surface area contributed by atoms with Crippen molar-refractivity contribution in [3.63, 3.8) is 0 Å². The predicted molar refractivity (Wildman–Crippen MR) is 73.9 cm³/mol. The number of rotatable bonds is 9. The average Bonchev–Trinajstić information content (AvgIpc) is 2.38. The normalized spacial score (nSPS) is 12.3. The zero-order valence-electron chi connectivity index (χ0n) is 11.2. The molecule has 0 aliphatic rings. The summed E-state index contributed by atoms with van der Waals surface area (Å²) in [5.41, 5.74) is 0.932. The van der Waals surface area contributed by atoms with Crippen molar-refractivity contribution in [3.05, 3.63) is 42.5 Å². The molecular formula is C15H23FN2. The van der Waals surface area contributed by atoms with E-state index in [0.29, 0.717) is 0 Å². The summed E-state index contributed by atoms with van der Waals surface area (Å²) in [5.74, 6) is -0.278. The van der Waals surface area contributed by atoms with Gasteiger partial charge < -0.3 is 5.32 Å². The Hall–Kier alpha value is -1.22. The Morgan fingerprint density at radius 2 is 2.22 bits per heavy atom. The van der Waals surface area contributed by atoms with Crippen LogP contribution in [0, 0.1) is 5.82 Å². The van der Waals surface area contributed by atoms with E-state index in [1.165, 1.54) is 25.1 Å². The molecule has 1 heterocycles. The maximum atomic E-state index is 12.8. The summed E-state index contributed by atoms with van der Waals surface area (Å²) in [6.07, 6.45) is 8.93. The van der Waals surface area contributed by atoms with Crippen LogP contribution in [0.4, 0.5) is 4.39 Å². The second kappa shape index (κ2) is 8.81. The first-order valence-electron chi connectivity index (χ1n) is 6.73. The number of hydrogen-bond donors (Lipinski definition) is 1. The zero-order valence-corrected chi connectivity index (χ0v) is 11.2. The van der Waals surface area contributed by atoms with Crippen molar-refractivity contribution in [3.8, 4) is 0 Å². The van der Waals surface area contributed by atoms with Crippen molar-refractivity contribution >= 4 is 0 Å². The molecule has 0 bridgehead atoms. The van der Waals surface area contributed by atoms with Crippen LogP contribution in [-0.2, 0) is 0 Å². The summed E-state index contributed by atoms with van der Waals surface area (Å²) in [6.45, 7) is 6.70. The van der Waals surface area contributed by atoms with Crippen molar-refractivity contribution in [1.29, 1.82) is 0 Å². The van der Waals surface area contributed by atoms with E-state index in [2.05, 4.69) is 23.8 Å². The Morgan fingerprint density at radius 1 is 1.39 bits per heavy atom. The van der Waals surface area contributed by atoms with Crippen LogP contribution < -0.4 is 5.32 Å². The van der Waals surface area contributed by atoms with E-state index in [0.717, 1.165) is 31.5 Å². The molecule has 2 nitrogen and oxygen atoms in total. The fourth-order valence-corrected chi connectivity index (χ4v) is 2.01. The third-order valence-corrected chi connectivity index (χ3v) is 2.96. The molecule has 0 fully saturated rings. The Kier molecular flexibility index (Phi) is 7.26. The molecule has 0 aromatic carbocycles. The lowest BCUT2D eigenvalue weighted by Crippen LogP contribution is -2.21. The Bertz CT molecular complexity index is 335. The van der Waals surface area contributed by atoms with Gasteiger partial charge in [-0.1, -0.05) is 25.8 Å². The van der Waals surface area contributed by atoms with Gasteiger partial charge in [-0.05, 0) is 37.9 Å². The highest BCUT2D eigenvalue weighted by molar-refractivity contribution is 5.09. The maximum Gasteiger partial charge on any atom is 0.141 e. The Labute approximate surface area is 109 Å². The molecule has 0 aliphatic heterocycles. The number of hydrogen-bond acceptors (Lipinski definition) is 2. The van der Waals surface area contributed by atoms with E-state index in [4.69, 9.17) is 0 Å². The third kappa shape index (κ3) is 5.41. The van der Waals surface area contributed by atoms with Crippen LogP contribution in [0.2, 0.25) is 0 Å². The predicted octanol–water partition coefficient (Wildman–Crippen LogP) is 4.01. The van der Waals surface area contributed by atoms with Crippen LogP contribution in [0.3, 0.4) is 0 Å². The van der Waals surface area contributed by atoms with Gasteiger partial charge in [0.1, 0.15) is 5.82 Å². The first-order valence-corrected chi connectivity index (χ1v) is 6.73. The molecule has 1 atom stereocenters. The number of allylic oxidation sites excluding steroid dienone is 1. The molecule has 0 saturated carbocycles. The summed E-state index contributed by atoms with van der Waals surface area (Å²) in [5, 5.41) is 3.40. The highest BCUT2D eigenvalue weighted by Crippen LogP contribution is 2.18. The van der Waals surface area contributed by atoms with E-state index in [1.807, 2.05) is 6.08 Å². The fraction of sp³-hybridized carbons (Fsp3) is 0.533. The molecule has 0 radical (unpaired) electrons. The van der Waals surface area contributed by atoms with E-state index in [9.17, 15) is 4.39 Å². The standard InChI is InChI=1S/C15H23FN2/c1-3-5-6-7-8-9-14(17-4-2)15-11-10-13(16)12-18-15/h3,10-12,14,17H,1,4-9H2,2H3. The second-order valence-electron chi connectivity index (χ2n) is 4.44. The summed E-state index contributed by atoms with van der Waals surface area (Å²) < 4.78 is 12.8. The van der Waals surface area contributed by atoms with Crippen molar-refractivity contribution in [2.24, 2.45) is 0 Å². The van der Waals surface area contributed by atoms with E-state index < -0.39 is 0 Å². The van der Waals surface area contributed by atoms with Crippen LogP contribution in [0.25, 0.3) is 0 Å². The van der Waals surface area contributed by atoms with Gasteiger partial charge in [0.05, 0.1) is 11.9 Å². The Balaban J connectivity index is 2.43. The van der Waals surface area contributed by atoms with Crippen LogP contribution in [0.1, 0.15) is 50.8 Å². The van der Waals surface area contributed by atoms with Gasteiger partial charge in [-0.2, -0.15) is 0 Å². The molecule has 0 amide bonds. The summed E-state index contributed by atoms with van der Waals surface area (Å²) in [4.78, 5) is 4.16. The maximum absolute atomic E-state index is 12.8. The number of nitrogens with zero attached hydrogens (tertiary/aromatic N) is 1. The second-order valence-corrected chi connectivity index (χ2v) is 4.44. The third-order valence-electron chi connectivity index (χ3n) is 2.96. The van der Waals surface area contributed by atoms with Gasteiger partial charge in [-0.15, -0.1) is 6.58 Å². The van der Waals surface area contributed by atoms with E-state index in [1.54, 1.807) is 6.07 Å². The molecule has 100 valence electrons. The lowest BCUT2D eigenvalue weighted by Gasteiger charge is -2.17. The molecule has 1 rings (SSSR count). The number of unbranched alkanes of at least 4 members (excludes halogenated alkanes) is 3. The van der Waals surface area contributed by atoms with Crippen molar-refractivity contribution in [2.45, 2.75) is 45.1 Å². The minimum atomic E-state index is -0.278. The highest BCUT2D eigenvalue weighted by atomic mass is 19.1. The van der Waals surface area contributed by atoms with Gasteiger partial charge in [0.2, 0.25) is 0 Å². The van der Waals surface area contributed by atoms with Gasteiger partial charge in [0, 0.05) is 6.04 Å². The number of aromatic nitrogens is 1. The largest absolute Gasteiger partial charge is 0.309 e. The number of pyridine rings is 1. The van der Waals surface area contributed by atoms with Gasteiger partial charge in [0.15, 0.2) is 0 Å². The Morgan fingerprint density at radius 3 is 2.83 bits per heavy atom. The van der Waals surface area contributed by atoms with Gasteiger partial charge in [-0.3, -0.25) is 4.98 Å². The molecular weight excluding hydrogens is 227 g/mol. The summed E-state index contributed by atoms with van der Waals surface area (Å²) >= 11 is 0. The first kappa shape index (κ1) is 14.8. The molecule has 0 spiro atoms. The molecule has 1 aromatic rings. The van der Waals surface area contributed by atoms with Gasteiger partial charge in [0.25, 0.3) is 0 Å². The fourth-order valence-electron chi connectivity index (χ4n) is 2.01. The van der Waals surface area contributed by atoms with Crippen LogP contribution >= 0.6 is 0 Å². The molecule has 1 unspecified atom stereocenters. The SMILES string of the molecule is C=CCCCCCC(NCC)c1ccc(F)cn1. The topological polar surface area (TPSA) is 24.9 Å². The monoisotopic (exact) mass is 250 g/mol. The molecule has 0 aliphatic carbocycles. The first-order chi connectivity index (χ1) is 8.77. The molecule has 1 N–H and O–H groups in total. The summed E-state index contributed by atoms with van der Waals surface area (Å²) in [6, 6.07) is 3.48. The number of nitrogens with one attached hydrogen (secondary N) is 1. The van der Waals surface area contributed by atoms with Crippen LogP contribution in [0.15, 0.2) is 31.0 Å². The molecule has 0 saturated heterocycles. The molecule has 1 aromatic heterocycles. The lowest BCUT2D eigenvalue weighted by molar-refractivity contribution is 0.472. The van der Waals surface area contributed by atoms with Crippen molar-refractivity contribution in [1.82, 2.24) is 10.3 Å². The van der Waals surface area contributed by atoms with Crippen molar-refractivity contribution < 1.29 is 4.39 Å². The highest BCUT2D eigenvalue weighted by Gasteiger charge is 2.11. The molecule has 3 heteroatoms. The van der Waals surface area contributed by atoms with E-state index >= 15 is 0 Å². The zero-order chi connectivity index (χ0) is 13.2. The summed E-state index contributed by atoms with van der Waals surface area (Å²) in [7, 11) is 0. The lowest BCUT2D eigenvalue weighted by atomic mass is 10.0. The van der Waals surface area contributed by atoms with Crippen LogP contribution in [-0.4, -0.2) is 11.5 Å². The quantitative estimate of drug-likeness (QED) is 0.529. The van der Waals surface area contributed by atoms with Gasteiger partial charge >= 0.3 is 0 Å². The van der Waals surface area contributed by atoms with Crippen molar-refractivity contribution in [2.75, 3.05) is 6.54 Å². The molecule has 18 heavy (non-hydrogen) atoms. The number of halogens is 1. The van der Waals surface area contributed by atoms with Crippen LogP contribution in [0.5, 0.6) is 0 Å². The van der Waals surface area contributed by atoms with E-state index in [-0.39, 0.29) is 11.9 Å².